The van der Waals surface area contributed by atoms with Crippen LogP contribution in [0.25, 0.3) is 0 Å². The van der Waals surface area contributed by atoms with Crippen molar-refractivity contribution in [3.05, 3.63) is 0 Å². The molecule has 0 aromatic heterocycles. The molecule has 0 aromatic carbocycles. The lowest BCUT2D eigenvalue weighted by molar-refractivity contribution is -0.126. The Morgan fingerprint density at radius 2 is 1.50 bits per heavy atom. The first-order valence-corrected chi connectivity index (χ1v) is 11.9. The van der Waals surface area contributed by atoms with Crippen molar-refractivity contribution in [2.24, 2.45) is 11.8 Å². The summed E-state index contributed by atoms with van der Waals surface area (Å²) in [6.45, 7) is 4.28. The van der Waals surface area contributed by atoms with E-state index in [0.717, 1.165) is 38.5 Å². The monoisotopic (exact) mass is 385 g/mol. The average Bonchev–Trinajstić information content (AvgIpc) is 2.91. The number of nitrogens with one attached hydrogen (secondary N) is 1. The van der Waals surface area contributed by atoms with Crippen molar-refractivity contribution in [3.8, 4) is 0 Å². The van der Waals surface area contributed by atoms with Crippen LogP contribution in [0.15, 0.2) is 0 Å². The molecule has 3 aliphatic rings. The molecular weight excluding hydrogens is 350 g/mol. The minimum Gasteiger partial charge on any atom is -0.353 e. The molecule has 0 aromatic rings. The Kier molecular flexibility index (Phi) is 6.97. The van der Waals surface area contributed by atoms with Crippen molar-refractivity contribution in [2.75, 3.05) is 26.2 Å². The SMILES string of the molecule is CC1CCN(S(=O)(=O)N2CCCC(C(=O)NC3CCCCCC3)C2)CC1. The van der Waals surface area contributed by atoms with Crippen LogP contribution in [-0.2, 0) is 15.0 Å². The summed E-state index contributed by atoms with van der Waals surface area (Å²) < 4.78 is 29.1. The maximum atomic E-state index is 13.0. The molecule has 2 saturated heterocycles. The number of carbonyl (C=O) groups excluding carboxylic acids is 1. The molecule has 2 aliphatic heterocycles. The highest BCUT2D eigenvalue weighted by Gasteiger charge is 2.37. The maximum Gasteiger partial charge on any atom is 0.281 e. The maximum absolute atomic E-state index is 13.0. The van der Waals surface area contributed by atoms with E-state index < -0.39 is 10.2 Å². The van der Waals surface area contributed by atoms with Crippen LogP contribution in [0.2, 0.25) is 0 Å². The number of carbonyl (C=O) groups is 1. The van der Waals surface area contributed by atoms with Crippen molar-refractivity contribution in [1.29, 1.82) is 0 Å². The zero-order valence-electron chi connectivity index (χ0n) is 16.2. The van der Waals surface area contributed by atoms with E-state index in [1.807, 2.05) is 0 Å². The zero-order valence-corrected chi connectivity index (χ0v) is 17.0. The third kappa shape index (κ3) is 4.98. The normalized spacial score (nSPS) is 28.6. The summed E-state index contributed by atoms with van der Waals surface area (Å²) >= 11 is 0. The molecule has 1 N–H and O–H groups in total. The van der Waals surface area contributed by atoms with Gasteiger partial charge in [0.25, 0.3) is 10.2 Å². The number of hydrogen-bond acceptors (Lipinski definition) is 3. The van der Waals surface area contributed by atoms with E-state index in [2.05, 4.69) is 12.2 Å². The van der Waals surface area contributed by atoms with Gasteiger partial charge in [0.15, 0.2) is 0 Å². The molecule has 150 valence electrons. The van der Waals surface area contributed by atoms with Gasteiger partial charge >= 0.3 is 0 Å². The van der Waals surface area contributed by atoms with E-state index in [9.17, 15) is 13.2 Å². The topological polar surface area (TPSA) is 69.7 Å². The summed E-state index contributed by atoms with van der Waals surface area (Å²) in [5, 5.41) is 3.21. The number of rotatable bonds is 4. The summed E-state index contributed by atoms with van der Waals surface area (Å²) in [5.74, 6) is 0.454. The molecule has 6 nitrogen and oxygen atoms in total. The van der Waals surface area contributed by atoms with Gasteiger partial charge in [0, 0.05) is 32.2 Å². The van der Waals surface area contributed by atoms with Crippen molar-refractivity contribution in [1.82, 2.24) is 13.9 Å². The van der Waals surface area contributed by atoms with E-state index in [-0.39, 0.29) is 17.9 Å². The second kappa shape index (κ2) is 9.02. The number of nitrogens with zero attached hydrogens (tertiary/aromatic N) is 2. The van der Waals surface area contributed by atoms with Crippen LogP contribution in [-0.4, -0.2) is 55.2 Å². The van der Waals surface area contributed by atoms with Gasteiger partial charge in [0.1, 0.15) is 0 Å². The Bertz CT molecular complexity index is 565. The fourth-order valence-corrected chi connectivity index (χ4v) is 6.21. The first-order valence-electron chi connectivity index (χ1n) is 10.5. The molecule has 26 heavy (non-hydrogen) atoms. The fourth-order valence-electron chi connectivity index (χ4n) is 4.49. The highest BCUT2D eigenvalue weighted by molar-refractivity contribution is 7.86. The van der Waals surface area contributed by atoms with Gasteiger partial charge in [-0.05, 0) is 44.4 Å². The van der Waals surface area contributed by atoms with Crippen LogP contribution < -0.4 is 5.32 Å². The predicted molar refractivity (Wildman–Crippen MR) is 103 cm³/mol. The van der Waals surface area contributed by atoms with Gasteiger partial charge < -0.3 is 5.32 Å². The zero-order chi connectivity index (χ0) is 18.6. The Labute approximate surface area is 158 Å². The van der Waals surface area contributed by atoms with Crippen LogP contribution in [0.5, 0.6) is 0 Å². The molecule has 1 unspecified atom stereocenters. The summed E-state index contributed by atoms with van der Waals surface area (Å²) in [7, 11) is -3.43. The van der Waals surface area contributed by atoms with Crippen molar-refractivity contribution < 1.29 is 13.2 Å². The van der Waals surface area contributed by atoms with E-state index in [0.29, 0.717) is 32.1 Å². The number of hydrogen-bond donors (Lipinski definition) is 1. The molecular formula is C19H35N3O3S. The van der Waals surface area contributed by atoms with E-state index in [1.165, 1.54) is 25.7 Å². The summed E-state index contributed by atoms with van der Waals surface area (Å²) in [6, 6.07) is 0.278. The van der Waals surface area contributed by atoms with Gasteiger partial charge in [-0.25, -0.2) is 0 Å². The Balaban J connectivity index is 1.56. The van der Waals surface area contributed by atoms with E-state index in [1.54, 1.807) is 8.61 Å². The molecule has 0 spiro atoms. The van der Waals surface area contributed by atoms with Gasteiger partial charge in [0.2, 0.25) is 5.91 Å². The summed E-state index contributed by atoms with van der Waals surface area (Å²) in [4.78, 5) is 12.7. The first-order chi connectivity index (χ1) is 12.5. The van der Waals surface area contributed by atoms with Crippen LogP contribution in [0, 0.1) is 11.8 Å². The van der Waals surface area contributed by atoms with Gasteiger partial charge in [0.05, 0.1) is 5.92 Å². The molecule has 7 heteroatoms. The molecule has 1 atom stereocenters. The third-order valence-electron chi connectivity index (χ3n) is 6.35. The lowest BCUT2D eigenvalue weighted by atomic mass is 9.97. The first kappa shape index (κ1) is 20.1. The molecule has 2 heterocycles. The summed E-state index contributed by atoms with van der Waals surface area (Å²) in [5.41, 5.74) is 0. The lowest BCUT2D eigenvalue weighted by Crippen LogP contribution is -2.52. The van der Waals surface area contributed by atoms with Gasteiger partial charge in [-0.3, -0.25) is 4.79 Å². The summed E-state index contributed by atoms with van der Waals surface area (Å²) in [6.07, 6.45) is 10.4. The van der Waals surface area contributed by atoms with Gasteiger partial charge in [-0.1, -0.05) is 32.6 Å². The highest BCUT2D eigenvalue weighted by Crippen LogP contribution is 2.26. The lowest BCUT2D eigenvalue weighted by Gasteiger charge is -2.37. The average molecular weight is 386 g/mol. The van der Waals surface area contributed by atoms with Crippen LogP contribution in [0.1, 0.15) is 71.1 Å². The second-order valence-electron chi connectivity index (χ2n) is 8.48. The fraction of sp³-hybridized carbons (Fsp3) is 0.947. The minimum atomic E-state index is -3.43. The Morgan fingerprint density at radius 3 is 2.15 bits per heavy atom. The van der Waals surface area contributed by atoms with Crippen molar-refractivity contribution in [3.63, 3.8) is 0 Å². The van der Waals surface area contributed by atoms with E-state index in [4.69, 9.17) is 0 Å². The molecule has 0 radical (unpaired) electrons. The van der Waals surface area contributed by atoms with Gasteiger partial charge in [-0.15, -0.1) is 0 Å². The Morgan fingerprint density at radius 1 is 0.846 bits per heavy atom. The number of piperidine rings is 2. The Hall–Kier alpha value is -0.660. The van der Waals surface area contributed by atoms with Crippen LogP contribution in [0.3, 0.4) is 0 Å². The third-order valence-corrected chi connectivity index (χ3v) is 8.35. The molecule has 1 saturated carbocycles. The second-order valence-corrected chi connectivity index (χ2v) is 10.4. The van der Waals surface area contributed by atoms with Crippen LogP contribution in [0.4, 0.5) is 0 Å². The minimum absolute atomic E-state index is 0.0593. The van der Waals surface area contributed by atoms with E-state index >= 15 is 0 Å². The highest BCUT2D eigenvalue weighted by atomic mass is 32.2. The molecule has 1 aliphatic carbocycles. The quantitative estimate of drug-likeness (QED) is 0.756. The molecule has 1 amide bonds. The van der Waals surface area contributed by atoms with Crippen LogP contribution >= 0.6 is 0 Å². The van der Waals surface area contributed by atoms with Gasteiger partial charge in [-0.2, -0.15) is 17.0 Å². The molecule has 0 bridgehead atoms. The standard InChI is InChI=1S/C19H35N3O3S/c1-16-10-13-21(14-11-16)26(24,25)22-12-6-7-17(15-22)19(23)20-18-8-4-2-3-5-9-18/h16-18H,2-15H2,1H3,(H,20,23). The molecule has 3 rings (SSSR count). The number of amides is 1. The molecule has 3 fully saturated rings. The largest absolute Gasteiger partial charge is 0.353 e. The van der Waals surface area contributed by atoms with Crippen molar-refractivity contribution in [2.45, 2.75) is 77.2 Å². The predicted octanol–water partition coefficient (Wildman–Crippen LogP) is 2.51. The smallest absolute Gasteiger partial charge is 0.281 e. The van der Waals surface area contributed by atoms with Crippen molar-refractivity contribution >= 4 is 16.1 Å².